The molecule has 0 spiro atoms. The largest absolute Gasteiger partial charge is 0.465 e. The van der Waals surface area contributed by atoms with Gasteiger partial charge in [0.05, 0.1) is 18.8 Å². The molecule has 114 valence electrons. The number of ether oxygens (including phenoxy) is 1. The van der Waals surface area contributed by atoms with Crippen molar-refractivity contribution in [3.8, 4) is 0 Å². The monoisotopic (exact) mass is 310 g/mol. The smallest absolute Gasteiger partial charge is 0.317 e. The van der Waals surface area contributed by atoms with Crippen molar-refractivity contribution in [3.05, 3.63) is 16.1 Å². The highest BCUT2D eigenvalue weighted by molar-refractivity contribution is 7.09. The van der Waals surface area contributed by atoms with Crippen LogP contribution in [0.3, 0.4) is 0 Å². The van der Waals surface area contributed by atoms with Gasteiger partial charge in [0.15, 0.2) is 0 Å². The number of hydrogen-bond acceptors (Lipinski definition) is 6. The quantitative estimate of drug-likeness (QED) is 0.610. The minimum absolute atomic E-state index is 0.165. The van der Waals surface area contributed by atoms with Gasteiger partial charge in [-0.1, -0.05) is 0 Å². The molecule has 2 rings (SSSR count). The first-order valence-electron chi connectivity index (χ1n) is 6.81. The number of amides is 2. The van der Waals surface area contributed by atoms with Gasteiger partial charge in [0.25, 0.3) is 0 Å². The predicted octanol–water partition coefficient (Wildman–Crippen LogP) is 1.63. The Morgan fingerprint density at radius 3 is 2.57 bits per heavy atom. The Kier molecular flexibility index (Phi) is 4.41. The lowest BCUT2D eigenvalue weighted by Crippen LogP contribution is -2.32. The van der Waals surface area contributed by atoms with E-state index in [9.17, 15) is 14.4 Å². The van der Waals surface area contributed by atoms with Gasteiger partial charge in [-0.05, 0) is 20.8 Å². The van der Waals surface area contributed by atoms with E-state index in [0.29, 0.717) is 17.3 Å². The van der Waals surface area contributed by atoms with Gasteiger partial charge >= 0.3 is 5.97 Å². The fourth-order valence-electron chi connectivity index (χ4n) is 2.02. The standard InChI is InChI=1S/C14H18N2O4S/c1-4-20-13(19)14(2,3)9-8-21-10(15-9)7-16-11(17)5-6-12(16)18/h8H,4-7H2,1-3H3. The van der Waals surface area contributed by atoms with Gasteiger partial charge in [0.2, 0.25) is 11.8 Å². The van der Waals surface area contributed by atoms with Crippen LogP contribution in [0.4, 0.5) is 0 Å². The van der Waals surface area contributed by atoms with Crippen LogP contribution in [0.25, 0.3) is 0 Å². The van der Waals surface area contributed by atoms with Crippen LogP contribution in [-0.4, -0.2) is 34.3 Å². The lowest BCUT2D eigenvalue weighted by Gasteiger charge is -2.19. The minimum Gasteiger partial charge on any atom is -0.465 e. The highest BCUT2D eigenvalue weighted by Crippen LogP contribution is 2.27. The van der Waals surface area contributed by atoms with E-state index in [0.717, 1.165) is 0 Å². The van der Waals surface area contributed by atoms with Gasteiger partial charge in [0, 0.05) is 18.2 Å². The summed E-state index contributed by atoms with van der Waals surface area (Å²) >= 11 is 1.34. The lowest BCUT2D eigenvalue weighted by atomic mass is 9.90. The number of likely N-dealkylation sites (tertiary alicyclic amines) is 1. The number of carbonyl (C=O) groups excluding carboxylic acids is 3. The number of imide groups is 1. The first kappa shape index (κ1) is 15.6. The molecule has 2 amide bonds. The van der Waals surface area contributed by atoms with E-state index in [4.69, 9.17) is 4.74 Å². The fourth-order valence-corrected chi connectivity index (χ4v) is 2.97. The van der Waals surface area contributed by atoms with Crippen molar-refractivity contribution < 1.29 is 19.1 Å². The third kappa shape index (κ3) is 3.12. The highest BCUT2D eigenvalue weighted by Gasteiger charge is 2.35. The molecule has 1 saturated heterocycles. The van der Waals surface area contributed by atoms with E-state index in [-0.39, 0.29) is 37.2 Å². The van der Waals surface area contributed by atoms with Gasteiger partial charge in [-0.3, -0.25) is 19.3 Å². The molecule has 0 atom stereocenters. The molecule has 1 fully saturated rings. The maximum atomic E-state index is 11.9. The van der Waals surface area contributed by atoms with Crippen LogP contribution >= 0.6 is 11.3 Å². The summed E-state index contributed by atoms with van der Waals surface area (Å²) in [5.74, 6) is -0.669. The predicted molar refractivity (Wildman–Crippen MR) is 76.6 cm³/mol. The Labute approximate surface area is 127 Å². The molecule has 2 heterocycles. The summed E-state index contributed by atoms with van der Waals surface area (Å²) in [6.07, 6.45) is 0.538. The van der Waals surface area contributed by atoms with Crippen molar-refractivity contribution in [1.29, 1.82) is 0 Å². The van der Waals surface area contributed by atoms with Crippen LogP contribution in [0.2, 0.25) is 0 Å². The van der Waals surface area contributed by atoms with Crippen LogP contribution in [0.15, 0.2) is 5.38 Å². The average molecular weight is 310 g/mol. The molecular formula is C14H18N2O4S. The number of carbonyl (C=O) groups is 3. The van der Waals surface area contributed by atoms with E-state index < -0.39 is 5.41 Å². The molecule has 0 aromatic carbocycles. The second-order valence-corrected chi connectivity index (χ2v) is 6.29. The molecular weight excluding hydrogens is 292 g/mol. The molecule has 0 N–H and O–H groups in total. The first-order chi connectivity index (χ1) is 9.86. The Morgan fingerprint density at radius 2 is 2.00 bits per heavy atom. The second-order valence-electron chi connectivity index (χ2n) is 5.35. The number of aromatic nitrogens is 1. The Hall–Kier alpha value is -1.76. The molecule has 0 bridgehead atoms. The van der Waals surface area contributed by atoms with E-state index in [1.807, 2.05) is 0 Å². The molecule has 0 saturated carbocycles. The van der Waals surface area contributed by atoms with Crippen molar-refractivity contribution >= 4 is 29.1 Å². The Balaban J connectivity index is 2.12. The van der Waals surface area contributed by atoms with Crippen molar-refractivity contribution in [3.63, 3.8) is 0 Å². The summed E-state index contributed by atoms with van der Waals surface area (Å²) in [7, 11) is 0. The van der Waals surface area contributed by atoms with Crippen molar-refractivity contribution in [1.82, 2.24) is 9.88 Å². The topological polar surface area (TPSA) is 76.6 Å². The molecule has 1 aliphatic rings. The van der Waals surface area contributed by atoms with Crippen LogP contribution in [0.5, 0.6) is 0 Å². The van der Waals surface area contributed by atoms with Crippen LogP contribution in [0.1, 0.15) is 44.3 Å². The number of rotatable bonds is 5. The third-order valence-electron chi connectivity index (χ3n) is 3.43. The second kappa shape index (κ2) is 5.93. The van der Waals surface area contributed by atoms with Gasteiger partial charge in [0.1, 0.15) is 10.4 Å². The highest BCUT2D eigenvalue weighted by atomic mass is 32.1. The molecule has 1 aliphatic heterocycles. The maximum Gasteiger partial charge on any atom is 0.317 e. The molecule has 1 aromatic rings. The molecule has 1 aromatic heterocycles. The third-order valence-corrected chi connectivity index (χ3v) is 4.26. The zero-order valence-electron chi connectivity index (χ0n) is 12.3. The van der Waals surface area contributed by atoms with E-state index in [1.54, 1.807) is 26.2 Å². The average Bonchev–Trinajstić information content (AvgIpc) is 3.02. The maximum absolute atomic E-state index is 11.9. The summed E-state index contributed by atoms with van der Waals surface area (Å²) in [6, 6.07) is 0. The molecule has 7 heteroatoms. The normalized spacial score (nSPS) is 15.7. The van der Waals surface area contributed by atoms with Crippen molar-refractivity contribution in [2.24, 2.45) is 0 Å². The van der Waals surface area contributed by atoms with E-state index in [1.165, 1.54) is 16.2 Å². The van der Waals surface area contributed by atoms with Crippen molar-refractivity contribution in [2.45, 2.75) is 45.6 Å². The first-order valence-corrected chi connectivity index (χ1v) is 7.69. The van der Waals surface area contributed by atoms with Crippen LogP contribution < -0.4 is 0 Å². The van der Waals surface area contributed by atoms with Crippen LogP contribution in [-0.2, 0) is 31.1 Å². The SMILES string of the molecule is CCOC(=O)C(C)(C)c1csc(CN2C(=O)CCC2=O)n1. The Morgan fingerprint density at radius 1 is 1.38 bits per heavy atom. The molecule has 6 nitrogen and oxygen atoms in total. The molecule has 0 radical (unpaired) electrons. The van der Waals surface area contributed by atoms with Gasteiger partial charge in [-0.2, -0.15) is 0 Å². The lowest BCUT2D eigenvalue weighted by molar-refractivity contribution is -0.149. The van der Waals surface area contributed by atoms with Crippen LogP contribution in [0, 0.1) is 0 Å². The van der Waals surface area contributed by atoms with E-state index >= 15 is 0 Å². The summed E-state index contributed by atoms with van der Waals surface area (Å²) < 4.78 is 5.04. The van der Waals surface area contributed by atoms with E-state index in [2.05, 4.69) is 4.98 Å². The summed E-state index contributed by atoms with van der Waals surface area (Å²) in [5.41, 5.74) is -0.246. The van der Waals surface area contributed by atoms with Gasteiger partial charge < -0.3 is 4.74 Å². The van der Waals surface area contributed by atoms with Gasteiger partial charge in [-0.15, -0.1) is 11.3 Å². The molecule has 21 heavy (non-hydrogen) atoms. The minimum atomic E-state index is -0.843. The summed E-state index contributed by atoms with van der Waals surface area (Å²) in [4.78, 5) is 40.7. The number of thiazole rings is 1. The number of esters is 1. The Bertz CT molecular complexity index is 563. The summed E-state index contributed by atoms with van der Waals surface area (Å²) in [6.45, 7) is 5.74. The van der Waals surface area contributed by atoms with Crippen molar-refractivity contribution in [2.75, 3.05) is 6.61 Å². The summed E-state index contributed by atoms with van der Waals surface area (Å²) in [5, 5.41) is 2.42. The number of hydrogen-bond donors (Lipinski definition) is 0. The number of nitrogens with zero attached hydrogens (tertiary/aromatic N) is 2. The molecule has 0 unspecified atom stereocenters. The zero-order chi connectivity index (χ0) is 15.6. The zero-order valence-corrected chi connectivity index (χ0v) is 13.2. The van der Waals surface area contributed by atoms with Gasteiger partial charge in [-0.25, -0.2) is 4.98 Å². The molecule has 0 aliphatic carbocycles. The fraction of sp³-hybridized carbons (Fsp3) is 0.571.